The minimum Gasteiger partial charge on any atom is -0.355 e. The fourth-order valence-corrected chi connectivity index (χ4v) is 4.83. The molecule has 1 fully saturated rings. The number of aryl methyl sites for hydroxylation is 2. The standard InChI is InChI=1S/C22H28FN3O/c23-18-9-3-2-8-17(18)22(13-5-6-14-22)15-24-21(27)12-11-20-16-7-1-4-10-19(16)25-26-20/h2-3,8-9H,1,4-7,10-15H2,(H,24,27)(H,25,26). The molecule has 27 heavy (non-hydrogen) atoms. The van der Waals surface area contributed by atoms with Gasteiger partial charge in [0.15, 0.2) is 0 Å². The zero-order valence-electron chi connectivity index (χ0n) is 15.8. The van der Waals surface area contributed by atoms with Crippen molar-refractivity contribution in [2.75, 3.05) is 6.54 Å². The van der Waals surface area contributed by atoms with Crippen molar-refractivity contribution < 1.29 is 9.18 Å². The van der Waals surface area contributed by atoms with Gasteiger partial charge in [0.05, 0.1) is 5.69 Å². The summed E-state index contributed by atoms with van der Waals surface area (Å²) in [5, 5.41) is 10.7. The highest BCUT2D eigenvalue weighted by molar-refractivity contribution is 5.76. The van der Waals surface area contributed by atoms with E-state index in [2.05, 4.69) is 15.5 Å². The molecule has 1 aromatic heterocycles. The molecule has 2 N–H and O–H groups in total. The van der Waals surface area contributed by atoms with Gasteiger partial charge in [0.2, 0.25) is 5.91 Å². The van der Waals surface area contributed by atoms with Crippen molar-refractivity contribution in [1.82, 2.24) is 15.5 Å². The summed E-state index contributed by atoms with van der Waals surface area (Å²) in [4.78, 5) is 12.5. The van der Waals surface area contributed by atoms with Crippen LogP contribution in [-0.2, 0) is 29.5 Å². The molecule has 4 rings (SSSR count). The lowest BCUT2D eigenvalue weighted by atomic mass is 9.78. The van der Waals surface area contributed by atoms with Crippen LogP contribution in [0.3, 0.4) is 0 Å². The number of nitrogens with zero attached hydrogens (tertiary/aromatic N) is 1. The summed E-state index contributed by atoms with van der Waals surface area (Å²) >= 11 is 0. The smallest absolute Gasteiger partial charge is 0.220 e. The minimum atomic E-state index is -0.257. The molecule has 2 aromatic rings. The number of aromatic nitrogens is 2. The van der Waals surface area contributed by atoms with E-state index in [0.717, 1.165) is 49.8 Å². The summed E-state index contributed by atoms with van der Waals surface area (Å²) in [6, 6.07) is 7.02. The quantitative estimate of drug-likeness (QED) is 0.809. The lowest BCUT2D eigenvalue weighted by Crippen LogP contribution is -2.39. The summed E-state index contributed by atoms with van der Waals surface area (Å²) in [6.07, 6.45) is 9.70. The molecule has 0 aliphatic heterocycles. The van der Waals surface area contributed by atoms with E-state index in [1.807, 2.05) is 12.1 Å². The molecular weight excluding hydrogens is 341 g/mol. The van der Waals surface area contributed by atoms with Gasteiger partial charge in [-0.05, 0) is 55.7 Å². The molecule has 0 bridgehead atoms. The summed E-state index contributed by atoms with van der Waals surface area (Å²) in [5.41, 5.74) is 4.12. The Balaban J connectivity index is 1.37. The first-order valence-corrected chi connectivity index (χ1v) is 10.2. The molecule has 0 radical (unpaired) electrons. The van der Waals surface area contributed by atoms with Gasteiger partial charge in [0.25, 0.3) is 0 Å². The minimum absolute atomic E-state index is 0.0326. The number of halogens is 1. The molecule has 0 spiro atoms. The maximum atomic E-state index is 14.4. The van der Waals surface area contributed by atoms with Gasteiger partial charge >= 0.3 is 0 Å². The van der Waals surface area contributed by atoms with Crippen LogP contribution in [0.1, 0.15) is 67.5 Å². The summed E-state index contributed by atoms with van der Waals surface area (Å²) < 4.78 is 14.4. The Hall–Kier alpha value is -2.17. The summed E-state index contributed by atoms with van der Waals surface area (Å²) in [5.74, 6) is -0.123. The molecule has 0 atom stereocenters. The van der Waals surface area contributed by atoms with E-state index in [9.17, 15) is 9.18 Å². The SMILES string of the molecule is O=C(CCc1n[nH]c2c1CCCC2)NCC1(c2ccccc2F)CCCC1. The number of nitrogens with one attached hydrogen (secondary N) is 2. The molecule has 1 saturated carbocycles. The van der Waals surface area contributed by atoms with Crippen LogP contribution in [0.5, 0.6) is 0 Å². The molecule has 1 heterocycles. The molecule has 2 aliphatic rings. The molecule has 0 saturated heterocycles. The second-order valence-corrected chi connectivity index (χ2v) is 8.08. The van der Waals surface area contributed by atoms with Crippen molar-refractivity contribution in [3.8, 4) is 0 Å². The molecule has 0 unspecified atom stereocenters. The van der Waals surface area contributed by atoms with E-state index in [-0.39, 0.29) is 17.1 Å². The second kappa shape index (κ2) is 7.83. The van der Waals surface area contributed by atoms with Crippen LogP contribution in [0.25, 0.3) is 0 Å². The molecular formula is C22H28FN3O. The Morgan fingerprint density at radius 1 is 1.15 bits per heavy atom. The van der Waals surface area contributed by atoms with Gasteiger partial charge in [0, 0.05) is 30.5 Å². The Morgan fingerprint density at radius 3 is 2.74 bits per heavy atom. The molecule has 4 nitrogen and oxygen atoms in total. The van der Waals surface area contributed by atoms with E-state index in [0.29, 0.717) is 19.4 Å². The number of rotatable bonds is 6. The maximum absolute atomic E-state index is 14.4. The van der Waals surface area contributed by atoms with Crippen LogP contribution >= 0.6 is 0 Å². The van der Waals surface area contributed by atoms with Crippen LogP contribution in [0.15, 0.2) is 24.3 Å². The van der Waals surface area contributed by atoms with Crippen molar-refractivity contribution in [1.29, 1.82) is 0 Å². The van der Waals surface area contributed by atoms with Crippen molar-refractivity contribution in [3.63, 3.8) is 0 Å². The van der Waals surface area contributed by atoms with E-state index >= 15 is 0 Å². The van der Waals surface area contributed by atoms with Crippen molar-refractivity contribution in [2.45, 2.75) is 69.6 Å². The third kappa shape index (κ3) is 3.78. The predicted octanol–water partition coefficient (Wildman–Crippen LogP) is 3.99. The Morgan fingerprint density at radius 2 is 1.93 bits per heavy atom. The average molecular weight is 369 g/mol. The van der Waals surface area contributed by atoms with Crippen LogP contribution in [0, 0.1) is 5.82 Å². The first-order valence-electron chi connectivity index (χ1n) is 10.2. The number of carbonyl (C=O) groups excluding carboxylic acids is 1. The highest BCUT2D eigenvalue weighted by atomic mass is 19.1. The number of H-pyrrole nitrogens is 1. The van der Waals surface area contributed by atoms with Gasteiger partial charge < -0.3 is 5.32 Å². The van der Waals surface area contributed by atoms with Gasteiger partial charge in [-0.25, -0.2) is 4.39 Å². The Kier molecular flexibility index (Phi) is 5.28. The normalized spacial score (nSPS) is 18.3. The van der Waals surface area contributed by atoms with Crippen molar-refractivity contribution >= 4 is 5.91 Å². The molecule has 2 aliphatic carbocycles. The van der Waals surface area contributed by atoms with Crippen LogP contribution in [-0.4, -0.2) is 22.6 Å². The first-order chi connectivity index (χ1) is 13.2. The predicted molar refractivity (Wildman–Crippen MR) is 103 cm³/mol. The number of aromatic amines is 1. The fraction of sp³-hybridized carbons (Fsp3) is 0.545. The van der Waals surface area contributed by atoms with Gasteiger partial charge in [-0.15, -0.1) is 0 Å². The number of carbonyl (C=O) groups is 1. The summed E-state index contributed by atoms with van der Waals surface area (Å²) in [7, 11) is 0. The lowest BCUT2D eigenvalue weighted by Gasteiger charge is -2.30. The number of hydrogen-bond donors (Lipinski definition) is 2. The third-order valence-electron chi connectivity index (χ3n) is 6.36. The van der Waals surface area contributed by atoms with E-state index in [4.69, 9.17) is 0 Å². The lowest BCUT2D eigenvalue weighted by molar-refractivity contribution is -0.121. The van der Waals surface area contributed by atoms with E-state index in [1.165, 1.54) is 30.2 Å². The second-order valence-electron chi connectivity index (χ2n) is 8.08. The molecule has 144 valence electrons. The average Bonchev–Trinajstić information content (AvgIpc) is 3.33. The zero-order chi connectivity index (χ0) is 18.7. The number of hydrogen-bond acceptors (Lipinski definition) is 2. The van der Waals surface area contributed by atoms with Gasteiger partial charge in [-0.1, -0.05) is 31.0 Å². The van der Waals surface area contributed by atoms with E-state index in [1.54, 1.807) is 6.07 Å². The largest absolute Gasteiger partial charge is 0.355 e. The summed E-state index contributed by atoms with van der Waals surface area (Å²) in [6.45, 7) is 0.519. The van der Waals surface area contributed by atoms with Gasteiger partial charge in [-0.2, -0.15) is 5.10 Å². The van der Waals surface area contributed by atoms with Crippen LogP contribution in [0.4, 0.5) is 4.39 Å². The monoisotopic (exact) mass is 369 g/mol. The topological polar surface area (TPSA) is 57.8 Å². The van der Waals surface area contributed by atoms with Crippen LogP contribution < -0.4 is 5.32 Å². The first kappa shape index (κ1) is 18.2. The molecule has 1 amide bonds. The maximum Gasteiger partial charge on any atom is 0.220 e. The molecule has 1 aromatic carbocycles. The fourth-order valence-electron chi connectivity index (χ4n) is 4.83. The van der Waals surface area contributed by atoms with Crippen molar-refractivity contribution in [2.24, 2.45) is 0 Å². The zero-order valence-corrected chi connectivity index (χ0v) is 15.8. The Bertz CT molecular complexity index is 808. The highest BCUT2D eigenvalue weighted by Crippen LogP contribution is 2.41. The Labute approximate surface area is 159 Å². The van der Waals surface area contributed by atoms with Gasteiger partial charge in [-0.3, -0.25) is 9.89 Å². The number of benzene rings is 1. The number of amides is 1. The van der Waals surface area contributed by atoms with Crippen molar-refractivity contribution in [3.05, 3.63) is 52.6 Å². The van der Waals surface area contributed by atoms with E-state index < -0.39 is 0 Å². The van der Waals surface area contributed by atoms with Crippen LogP contribution in [0.2, 0.25) is 0 Å². The molecule has 5 heteroatoms. The third-order valence-corrected chi connectivity index (χ3v) is 6.36. The van der Waals surface area contributed by atoms with Gasteiger partial charge in [0.1, 0.15) is 5.82 Å². The number of fused-ring (bicyclic) bond motifs is 1. The highest BCUT2D eigenvalue weighted by Gasteiger charge is 2.37.